The highest BCUT2D eigenvalue weighted by atomic mass is 32.2. The molecule has 21 heavy (non-hydrogen) atoms. The third-order valence-corrected chi connectivity index (χ3v) is 4.92. The first-order valence-electron chi connectivity index (χ1n) is 7.27. The van der Waals surface area contributed by atoms with Crippen LogP contribution in [0.2, 0.25) is 0 Å². The number of hydrogen-bond acceptors (Lipinski definition) is 3. The summed E-state index contributed by atoms with van der Waals surface area (Å²) >= 11 is 1.50. The molecule has 5 heteroatoms. The van der Waals surface area contributed by atoms with Gasteiger partial charge in [-0.05, 0) is 30.3 Å². The van der Waals surface area contributed by atoms with Gasteiger partial charge in [0.1, 0.15) is 0 Å². The standard InChI is InChI=1S/C16H19N3OS/c1-12-3-5-13(6-4-12)11-14-15(20)17-16(21-14)19-9-7-18(2)8-10-19/h3-6,11H,7-10H2,1-2H3/p+1/b14-11-. The van der Waals surface area contributed by atoms with Gasteiger partial charge in [0.2, 0.25) is 0 Å². The third kappa shape index (κ3) is 3.36. The Morgan fingerprint density at radius 1 is 1.24 bits per heavy atom. The Balaban J connectivity index is 1.71. The molecule has 110 valence electrons. The van der Waals surface area contributed by atoms with Gasteiger partial charge >= 0.3 is 0 Å². The number of likely N-dealkylation sites (N-methyl/N-ethyl adjacent to an activating group) is 1. The molecule has 2 heterocycles. The van der Waals surface area contributed by atoms with Crippen LogP contribution in [0.25, 0.3) is 6.08 Å². The lowest BCUT2D eigenvalue weighted by Crippen LogP contribution is -3.12. The number of rotatable bonds is 1. The van der Waals surface area contributed by atoms with E-state index in [1.165, 1.54) is 22.2 Å². The van der Waals surface area contributed by atoms with E-state index in [0.717, 1.165) is 41.8 Å². The average molecular weight is 302 g/mol. The zero-order valence-corrected chi connectivity index (χ0v) is 13.2. The largest absolute Gasteiger partial charge is 0.339 e. The highest BCUT2D eigenvalue weighted by Gasteiger charge is 2.28. The van der Waals surface area contributed by atoms with Crippen LogP contribution in [-0.2, 0) is 4.79 Å². The first-order chi connectivity index (χ1) is 10.1. The van der Waals surface area contributed by atoms with Gasteiger partial charge in [0.15, 0.2) is 5.17 Å². The molecule has 0 aliphatic carbocycles. The summed E-state index contributed by atoms with van der Waals surface area (Å²) in [5, 5.41) is 0.867. The highest BCUT2D eigenvalue weighted by Crippen LogP contribution is 2.30. The molecule has 1 aromatic rings. The summed E-state index contributed by atoms with van der Waals surface area (Å²) in [6.45, 7) is 6.21. The monoisotopic (exact) mass is 302 g/mol. The van der Waals surface area contributed by atoms with Gasteiger partial charge in [-0.3, -0.25) is 4.79 Å². The number of thioether (sulfide) groups is 1. The maximum absolute atomic E-state index is 12.1. The number of hydrogen-bond donors (Lipinski definition) is 1. The molecule has 1 amide bonds. The Labute approximate surface area is 129 Å². The topological polar surface area (TPSA) is 37.1 Å². The Morgan fingerprint density at radius 3 is 2.57 bits per heavy atom. The normalized spacial score (nSPS) is 22.0. The van der Waals surface area contributed by atoms with Gasteiger partial charge in [-0.15, -0.1) is 0 Å². The maximum atomic E-state index is 12.1. The van der Waals surface area contributed by atoms with Gasteiger partial charge in [-0.1, -0.05) is 29.8 Å². The molecule has 0 radical (unpaired) electrons. The van der Waals surface area contributed by atoms with E-state index in [1.54, 1.807) is 0 Å². The lowest BCUT2D eigenvalue weighted by atomic mass is 10.1. The number of carbonyl (C=O) groups is 1. The van der Waals surface area contributed by atoms with E-state index in [1.807, 2.05) is 18.2 Å². The molecule has 0 bridgehead atoms. The van der Waals surface area contributed by atoms with Crippen molar-refractivity contribution in [1.29, 1.82) is 0 Å². The van der Waals surface area contributed by atoms with Crippen molar-refractivity contribution in [2.24, 2.45) is 4.99 Å². The van der Waals surface area contributed by atoms with Crippen molar-refractivity contribution in [1.82, 2.24) is 4.90 Å². The van der Waals surface area contributed by atoms with E-state index in [2.05, 4.69) is 36.0 Å². The SMILES string of the molecule is Cc1ccc(/C=C2\SC(N3CC[NH+](C)CC3)=NC2=O)cc1. The number of nitrogens with one attached hydrogen (secondary N) is 1. The number of nitrogens with zero attached hydrogens (tertiary/aromatic N) is 2. The Bertz CT molecular complexity index is 598. The molecule has 2 aliphatic rings. The Hall–Kier alpha value is -1.59. The smallest absolute Gasteiger partial charge is 0.286 e. The highest BCUT2D eigenvalue weighted by molar-refractivity contribution is 8.18. The first-order valence-corrected chi connectivity index (χ1v) is 8.09. The number of benzene rings is 1. The van der Waals surface area contributed by atoms with Crippen LogP contribution in [0.15, 0.2) is 34.2 Å². The zero-order chi connectivity index (χ0) is 14.8. The summed E-state index contributed by atoms with van der Waals surface area (Å²) in [5.74, 6) is -0.109. The molecular weight excluding hydrogens is 282 g/mol. The third-order valence-electron chi connectivity index (χ3n) is 3.87. The van der Waals surface area contributed by atoms with Crippen LogP contribution in [0.1, 0.15) is 11.1 Å². The number of piperazine rings is 1. The second-order valence-corrected chi connectivity index (χ2v) is 6.67. The van der Waals surface area contributed by atoms with Crippen LogP contribution >= 0.6 is 11.8 Å². The summed E-state index contributed by atoms with van der Waals surface area (Å²) in [4.78, 5) is 20.8. The van der Waals surface area contributed by atoms with Crippen molar-refractivity contribution in [2.75, 3.05) is 33.2 Å². The second-order valence-electron chi connectivity index (χ2n) is 5.67. The molecule has 0 spiro atoms. The van der Waals surface area contributed by atoms with Crippen LogP contribution in [0.3, 0.4) is 0 Å². The lowest BCUT2D eigenvalue weighted by Gasteiger charge is -2.30. The van der Waals surface area contributed by atoms with Gasteiger partial charge in [0, 0.05) is 0 Å². The van der Waals surface area contributed by atoms with Crippen molar-refractivity contribution < 1.29 is 9.69 Å². The maximum Gasteiger partial charge on any atom is 0.286 e. The first kappa shape index (κ1) is 14.4. The molecular formula is C16H20N3OS+. The number of aryl methyl sites for hydroxylation is 1. The number of carbonyl (C=O) groups excluding carboxylic acids is 1. The summed E-state index contributed by atoms with van der Waals surface area (Å²) in [5.41, 5.74) is 2.27. The van der Waals surface area contributed by atoms with Crippen LogP contribution in [0.4, 0.5) is 0 Å². The fraction of sp³-hybridized carbons (Fsp3) is 0.375. The lowest BCUT2D eigenvalue weighted by molar-refractivity contribution is -0.883. The Kier molecular flexibility index (Phi) is 4.12. The molecule has 1 saturated heterocycles. The van der Waals surface area contributed by atoms with E-state index >= 15 is 0 Å². The minimum absolute atomic E-state index is 0.109. The van der Waals surface area contributed by atoms with Gasteiger partial charge in [0.25, 0.3) is 5.91 Å². The fourth-order valence-electron chi connectivity index (χ4n) is 2.43. The fourth-order valence-corrected chi connectivity index (χ4v) is 3.39. The Morgan fingerprint density at radius 2 is 1.90 bits per heavy atom. The summed E-state index contributed by atoms with van der Waals surface area (Å²) in [6.07, 6.45) is 1.93. The van der Waals surface area contributed by atoms with Crippen molar-refractivity contribution in [2.45, 2.75) is 6.92 Å². The van der Waals surface area contributed by atoms with E-state index in [4.69, 9.17) is 0 Å². The van der Waals surface area contributed by atoms with Gasteiger partial charge in [-0.2, -0.15) is 4.99 Å². The molecule has 1 N–H and O–H groups in total. The summed E-state index contributed by atoms with van der Waals surface area (Å²) < 4.78 is 0. The van der Waals surface area contributed by atoms with Crippen LogP contribution in [-0.4, -0.2) is 49.2 Å². The van der Waals surface area contributed by atoms with Crippen LogP contribution in [0, 0.1) is 6.92 Å². The van der Waals surface area contributed by atoms with E-state index in [-0.39, 0.29) is 5.91 Å². The predicted molar refractivity (Wildman–Crippen MR) is 87.4 cm³/mol. The average Bonchev–Trinajstić information content (AvgIpc) is 2.83. The van der Waals surface area contributed by atoms with Crippen molar-refractivity contribution in [3.63, 3.8) is 0 Å². The van der Waals surface area contributed by atoms with Crippen LogP contribution in [0.5, 0.6) is 0 Å². The van der Waals surface area contributed by atoms with E-state index in [9.17, 15) is 4.79 Å². The molecule has 0 saturated carbocycles. The van der Waals surface area contributed by atoms with Gasteiger partial charge in [0.05, 0.1) is 38.1 Å². The summed E-state index contributed by atoms with van der Waals surface area (Å²) in [6, 6.07) is 8.18. The molecule has 0 aromatic heterocycles. The van der Waals surface area contributed by atoms with Crippen molar-refractivity contribution >= 4 is 28.9 Å². The minimum atomic E-state index is -0.109. The second kappa shape index (κ2) is 6.03. The number of amides is 1. The molecule has 4 nitrogen and oxygen atoms in total. The number of quaternary nitrogens is 1. The van der Waals surface area contributed by atoms with E-state index in [0.29, 0.717) is 0 Å². The van der Waals surface area contributed by atoms with Gasteiger partial charge in [-0.25, -0.2) is 0 Å². The van der Waals surface area contributed by atoms with Gasteiger partial charge < -0.3 is 9.80 Å². The minimum Gasteiger partial charge on any atom is -0.339 e. The molecule has 3 rings (SSSR count). The van der Waals surface area contributed by atoms with Crippen molar-refractivity contribution in [3.05, 3.63) is 40.3 Å². The zero-order valence-electron chi connectivity index (χ0n) is 12.4. The number of amidine groups is 1. The quantitative estimate of drug-likeness (QED) is 0.780. The molecule has 1 aromatic carbocycles. The van der Waals surface area contributed by atoms with Crippen LogP contribution < -0.4 is 4.90 Å². The molecule has 1 fully saturated rings. The molecule has 0 atom stereocenters. The summed E-state index contributed by atoms with van der Waals surface area (Å²) in [7, 11) is 2.20. The molecule has 2 aliphatic heterocycles. The van der Waals surface area contributed by atoms with E-state index < -0.39 is 0 Å². The predicted octanol–water partition coefficient (Wildman–Crippen LogP) is 0.796. The number of aliphatic imine (C=N–C) groups is 1. The molecule has 0 unspecified atom stereocenters. The van der Waals surface area contributed by atoms with Crippen molar-refractivity contribution in [3.8, 4) is 0 Å².